The molecule has 1 fully saturated rings. The van der Waals surface area contributed by atoms with Crippen molar-refractivity contribution in [1.82, 2.24) is 4.90 Å². The molecular formula is C18H23F3N2O4S. The van der Waals surface area contributed by atoms with E-state index in [4.69, 9.17) is 4.74 Å². The maximum absolute atomic E-state index is 12.9. The number of halogens is 3. The Balaban J connectivity index is 2.14. The highest BCUT2D eigenvalue weighted by molar-refractivity contribution is 7.18. The summed E-state index contributed by atoms with van der Waals surface area (Å²) in [6.07, 6.45) is -3.87. The van der Waals surface area contributed by atoms with E-state index in [9.17, 15) is 27.6 Å². The van der Waals surface area contributed by atoms with E-state index in [1.54, 1.807) is 13.8 Å². The molecule has 1 aliphatic heterocycles. The number of rotatable bonds is 6. The lowest BCUT2D eigenvalue weighted by Crippen LogP contribution is -2.44. The lowest BCUT2D eigenvalue weighted by atomic mass is 9.97. The van der Waals surface area contributed by atoms with Crippen LogP contribution in [0.3, 0.4) is 0 Å². The summed E-state index contributed by atoms with van der Waals surface area (Å²) in [6, 6.07) is 0. The van der Waals surface area contributed by atoms with E-state index in [0.29, 0.717) is 23.4 Å². The highest BCUT2D eigenvalue weighted by Gasteiger charge is 2.42. The number of likely N-dealkylation sites (tertiary alicyclic amines) is 1. The monoisotopic (exact) mass is 420 g/mol. The third-order valence-electron chi connectivity index (χ3n) is 4.53. The van der Waals surface area contributed by atoms with Gasteiger partial charge in [0.05, 0.1) is 29.5 Å². The molecule has 156 valence electrons. The number of nitrogens with zero attached hydrogens (tertiary/aromatic N) is 1. The number of nitrogens with one attached hydrogen (secondary N) is 1. The fourth-order valence-electron chi connectivity index (χ4n) is 3.22. The van der Waals surface area contributed by atoms with Crippen molar-refractivity contribution in [2.45, 2.75) is 39.8 Å². The molecule has 1 aromatic rings. The Morgan fingerprint density at radius 2 is 2.00 bits per heavy atom. The van der Waals surface area contributed by atoms with E-state index in [0.717, 1.165) is 11.3 Å². The number of ketones is 1. The molecule has 6 nitrogen and oxygen atoms in total. The van der Waals surface area contributed by atoms with Crippen LogP contribution in [0.5, 0.6) is 0 Å². The molecule has 1 aliphatic rings. The van der Waals surface area contributed by atoms with Crippen LogP contribution in [0.4, 0.5) is 18.2 Å². The van der Waals surface area contributed by atoms with Crippen molar-refractivity contribution < 1.29 is 32.3 Å². The number of carbonyl (C=O) groups excluding carboxylic acids is 3. The molecule has 1 saturated heterocycles. The van der Waals surface area contributed by atoms with Crippen molar-refractivity contribution in [1.29, 1.82) is 0 Å². The Morgan fingerprint density at radius 3 is 2.57 bits per heavy atom. The third-order valence-corrected chi connectivity index (χ3v) is 5.84. The molecular weight excluding hydrogens is 397 g/mol. The average molecular weight is 420 g/mol. The molecule has 0 aromatic carbocycles. The topological polar surface area (TPSA) is 75.7 Å². The van der Waals surface area contributed by atoms with E-state index in [1.807, 2.05) is 0 Å². The highest BCUT2D eigenvalue weighted by atomic mass is 32.1. The quantitative estimate of drug-likeness (QED) is 0.562. The minimum absolute atomic E-state index is 0.0563. The van der Waals surface area contributed by atoms with Gasteiger partial charge in [0.2, 0.25) is 5.91 Å². The first kappa shape index (κ1) is 22.4. The maximum atomic E-state index is 12.9. The third kappa shape index (κ3) is 5.32. The number of carbonyl (C=O) groups is 3. The molecule has 1 amide bonds. The first-order valence-electron chi connectivity index (χ1n) is 8.94. The first-order valence-corrected chi connectivity index (χ1v) is 9.76. The second kappa shape index (κ2) is 9.04. The number of amides is 1. The van der Waals surface area contributed by atoms with Crippen LogP contribution in [0.15, 0.2) is 0 Å². The van der Waals surface area contributed by atoms with Gasteiger partial charge in [0.15, 0.2) is 5.78 Å². The molecule has 1 N–H and O–H groups in total. The number of hydrogen-bond acceptors (Lipinski definition) is 6. The predicted octanol–water partition coefficient (Wildman–Crippen LogP) is 3.65. The number of Topliss-reactive ketones (excluding diaryl/α,β-unsaturated/α-hetero) is 1. The zero-order chi connectivity index (χ0) is 21.1. The molecule has 0 radical (unpaired) electrons. The maximum Gasteiger partial charge on any atom is 0.393 e. The van der Waals surface area contributed by atoms with Crippen molar-refractivity contribution >= 4 is 34.0 Å². The van der Waals surface area contributed by atoms with Gasteiger partial charge >= 0.3 is 12.1 Å². The summed E-state index contributed by atoms with van der Waals surface area (Å²) in [6.45, 7) is 4.65. The molecule has 0 bridgehead atoms. The van der Waals surface area contributed by atoms with Crippen molar-refractivity contribution in [2.24, 2.45) is 5.92 Å². The van der Waals surface area contributed by atoms with Crippen molar-refractivity contribution in [3.8, 4) is 0 Å². The Labute approximate surface area is 165 Å². The van der Waals surface area contributed by atoms with E-state index in [1.165, 1.54) is 11.8 Å². The van der Waals surface area contributed by atoms with Crippen LogP contribution in [0.1, 0.15) is 52.3 Å². The second-order valence-corrected chi connectivity index (χ2v) is 7.72. The fraction of sp³-hybridized carbons (Fsp3) is 0.611. The van der Waals surface area contributed by atoms with Crippen LogP contribution in [0, 0.1) is 12.8 Å². The Hall–Kier alpha value is -1.94. The van der Waals surface area contributed by atoms with Gasteiger partial charge in [-0.05, 0) is 45.7 Å². The van der Waals surface area contributed by atoms with Gasteiger partial charge in [-0.25, -0.2) is 4.79 Å². The first-order chi connectivity index (χ1) is 13.0. The van der Waals surface area contributed by atoms with Crippen LogP contribution in [-0.4, -0.2) is 55.0 Å². The van der Waals surface area contributed by atoms with Gasteiger partial charge in [-0.3, -0.25) is 14.5 Å². The smallest absolute Gasteiger partial charge is 0.393 e. The summed E-state index contributed by atoms with van der Waals surface area (Å²) in [5, 5.41) is 2.75. The second-order valence-electron chi connectivity index (χ2n) is 6.70. The molecule has 28 heavy (non-hydrogen) atoms. The molecule has 10 heteroatoms. The van der Waals surface area contributed by atoms with Gasteiger partial charge in [-0.2, -0.15) is 13.2 Å². The van der Waals surface area contributed by atoms with Crippen LogP contribution in [0.25, 0.3) is 0 Å². The highest BCUT2D eigenvalue weighted by Crippen LogP contribution is 2.35. The van der Waals surface area contributed by atoms with E-state index >= 15 is 0 Å². The van der Waals surface area contributed by atoms with Gasteiger partial charge in [-0.1, -0.05) is 0 Å². The minimum atomic E-state index is -4.28. The number of thiophene rings is 1. The van der Waals surface area contributed by atoms with Crippen LogP contribution < -0.4 is 5.32 Å². The van der Waals surface area contributed by atoms with Gasteiger partial charge in [-0.15, -0.1) is 11.3 Å². The summed E-state index contributed by atoms with van der Waals surface area (Å²) in [5.41, 5.74) is 0.526. The molecule has 0 unspecified atom stereocenters. The van der Waals surface area contributed by atoms with Crippen molar-refractivity contribution in [3.05, 3.63) is 16.0 Å². The average Bonchev–Trinajstić information content (AvgIpc) is 2.90. The standard InChI is InChI=1S/C18H23F3N2O4S/c1-4-27-17(26)14-10(2)15(11(3)24)28-16(14)22-13(25)9-23-7-5-6-12(8-23)18(19,20)21/h12H,4-9H2,1-3H3,(H,22,25)/t12-/m1/s1. The van der Waals surface area contributed by atoms with Crippen molar-refractivity contribution in [3.63, 3.8) is 0 Å². The van der Waals surface area contributed by atoms with E-state index in [-0.39, 0.29) is 42.5 Å². The Bertz CT molecular complexity index is 761. The number of ether oxygens (including phenoxy) is 1. The van der Waals surface area contributed by atoms with E-state index in [2.05, 4.69) is 5.32 Å². The molecule has 2 heterocycles. The molecule has 0 saturated carbocycles. The SMILES string of the molecule is CCOC(=O)c1c(NC(=O)CN2CCC[C@@H](C(F)(F)F)C2)sc(C(C)=O)c1C. The van der Waals surface area contributed by atoms with Gasteiger partial charge in [0.25, 0.3) is 0 Å². The summed E-state index contributed by atoms with van der Waals surface area (Å²) in [7, 11) is 0. The Morgan fingerprint density at radius 1 is 1.32 bits per heavy atom. The molecule has 0 aliphatic carbocycles. The van der Waals surface area contributed by atoms with Gasteiger partial charge in [0, 0.05) is 6.54 Å². The fourth-order valence-corrected chi connectivity index (χ4v) is 4.33. The number of alkyl halides is 3. The van der Waals surface area contributed by atoms with Crippen LogP contribution in [-0.2, 0) is 9.53 Å². The zero-order valence-corrected chi connectivity index (χ0v) is 16.8. The molecule has 0 spiro atoms. The van der Waals surface area contributed by atoms with Gasteiger partial charge in [0.1, 0.15) is 5.00 Å². The molecule has 1 aromatic heterocycles. The summed E-state index contributed by atoms with van der Waals surface area (Å²) < 4.78 is 43.8. The van der Waals surface area contributed by atoms with Gasteiger partial charge < -0.3 is 10.1 Å². The summed E-state index contributed by atoms with van der Waals surface area (Å²) in [5.74, 6) is -2.89. The molecule has 2 rings (SSSR count). The summed E-state index contributed by atoms with van der Waals surface area (Å²) in [4.78, 5) is 38.2. The van der Waals surface area contributed by atoms with Crippen LogP contribution >= 0.6 is 11.3 Å². The largest absolute Gasteiger partial charge is 0.462 e. The number of anilines is 1. The van der Waals surface area contributed by atoms with Crippen molar-refractivity contribution in [2.75, 3.05) is 31.6 Å². The molecule has 1 atom stereocenters. The van der Waals surface area contributed by atoms with E-state index < -0.39 is 24.0 Å². The summed E-state index contributed by atoms with van der Waals surface area (Å²) >= 11 is 0.963. The zero-order valence-electron chi connectivity index (χ0n) is 15.9. The lowest BCUT2D eigenvalue weighted by Gasteiger charge is -2.33. The number of hydrogen-bond donors (Lipinski definition) is 1. The minimum Gasteiger partial charge on any atom is -0.462 e. The normalized spacial score (nSPS) is 18.0. The lowest BCUT2D eigenvalue weighted by molar-refractivity contribution is -0.186. The Kier molecular flexibility index (Phi) is 7.22. The predicted molar refractivity (Wildman–Crippen MR) is 98.9 cm³/mol. The van der Waals surface area contributed by atoms with Crippen LogP contribution in [0.2, 0.25) is 0 Å². The number of esters is 1. The number of piperidine rings is 1.